The van der Waals surface area contributed by atoms with Crippen molar-refractivity contribution in [2.75, 3.05) is 0 Å². The standard InChI is InChI=1S/C21H19N3OS/c1-13-7-9-17(10-8-13)18-20-19(22-15(3)26-20)21(25)24(23-18)12-16-6-4-5-14(2)11-16/h4-11H,12H2,1-3H3. The average molecular weight is 361 g/mol. The zero-order valence-corrected chi connectivity index (χ0v) is 15.8. The molecule has 0 aliphatic heterocycles. The highest BCUT2D eigenvalue weighted by Crippen LogP contribution is 2.29. The molecule has 0 bridgehead atoms. The van der Waals surface area contributed by atoms with Gasteiger partial charge in [0.1, 0.15) is 5.69 Å². The third kappa shape index (κ3) is 3.06. The van der Waals surface area contributed by atoms with E-state index in [-0.39, 0.29) is 5.56 Å². The summed E-state index contributed by atoms with van der Waals surface area (Å²) in [7, 11) is 0. The molecule has 0 N–H and O–H groups in total. The summed E-state index contributed by atoms with van der Waals surface area (Å²) in [5.41, 5.74) is 5.60. The van der Waals surface area contributed by atoms with Crippen molar-refractivity contribution in [3.63, 3.8) is 0 Å². The van der Waals surface area contributed by atoms with Crippen LogP contribution in [0.5, 0.6) is 0 Å². The number of benzene rings is 2. The lowest BCUT2D eigenvalue weighted by Crippen LogP contribution is -2.24. The summed E-state index contributed by atoms with van der Waals surface area (Å²) in [6, 6.07) is 16.4. The Labute approximate surface area is 155 Å². The molecule has 0 amide bonds. The second-order valence-corrected chi connectivity index (χ2v) is 7.78. The zero-order valence-electron chi connectivity index (χ0n) is 15.0. The molecular weight excluding hydrogens is 342 g/mol. The molecule has 0 spiro atoms. The Morgan fingerprint density at radius 2 is 1.77 bits per heavy atom. The van der Waals surface area contributed by atoms with Crippen LogP contribution in [0.3, 0.4) is 0 Å². The van der Waals surface area contributed by atoms with Gasteiger partial charge >= 0.3 is 0 Å². The van der Waals surface area contributed by atoms with E-state index in [2.05, 4.69) is 30.1 Å². The van der Waals surface area contributed by atoms with Gasteiger partial charge < -0.3 is 0 Å². The van der Waals surface area contributed by atoms with E-state index in [1.54, 1.807) is 0 Å². The summed E-state index contributed by atoms with van der Waals surface area (Å²) < 4.78 is 2.39. The van der Waals surface area contributed by atoms with Gasteiger partial charge in [-0.3, -0.25) is 4.79 Å². The van der Waals surface area contributed by atoms with Crippen LogP contribution in [0.15, 0.2) is 53.3 Å². The number of hydrogen-bond acceptors (Lipinski definition) is 4. The minimum absolute atomic E-state index is 0.137. The van der Waals surface area contributed by atoms with Gasteiger partial charge in [0, 0.05) is 5.56 Å². The van der Waals surface area contributed by atoms with Gasteiger partial charge in [-0.1, -0.05) is 59.7 Å². The molecule has 0 fully saturated rings. The molecular formula is C21H19N3OS. The van der Waals surface area contributed by atoms with Crippen LogP contribution in [-0.2, 0) is 6.54 Å². The van der Waals surface area contributed by atoms with Crippen LogP contribution in [0.25, 0.3) is 21.5 Å². The van der Waals surface area contributed by atoms with Gasteiger partial charge in [0.2, 0.25) is 0 Å². The van der Waals surface area contributed by atoms with E-state index in [1.807, 2.05) is 44.2 Å². The number of rotatable bonds is 3. The molecule has 4 nitrogen and oxygen atoms in total. The normalized spacial score (nSPS) is 11.2. The van der Waals surface area contributed by atoms with Gasteiger partial charge in [0.05, 0.1) is 16.3 Å². The van der Waals surface area contributed by atoms with Crippen LogP contribution in [0.1, 0.15) is 21.7 Å². The Morgan fingerprint density at radius 1 is 1.00 bits per heavy atom. The van der Waals surface area contributed by atoms with Crippen molar-refractivity contribution in [3.8, 4) is 11.3 Å². The maximum Gasteiger partial charge on any atom is 0.294 e. The molecule has 2 heterocycles. The van der Waals surface area contributed by atoms with Crippen molar-refractivity contribution in [1.82, 2.24) is 14.8 Å². The number of aryl methyl sites for hydroxylation is 3. The first-order valence-corrected chi connectivity index (χ1v) is 9.34. The number of aromatic nitrogens is 3. The predicted molar refractivity (Wildman–Crippen MR) is 107 cm³/mol. The highest BCUT2D eigenvalue weighted by atomic mass is 32.1. The lowest BCUT2D eigenvalue weighted by molar-refractivity contribution is 0.650. The molecule has 4 aromatic rings. The largest absolute Gasteiger partial charge is 0.294 e. The molecule has 5 heteroatoms. The van der Waals surface area contributed by atoms with E-state index in [0.717, 1.165) is 26.5 Å². The smallest absolute Gasteiger partial charge is 0.265 e. The van der Waals surface area contributed by atoms with Crippen LogP contribution in [0.2, 0.25) is 0 Å². The first-order valence-electron chi connectivity index (χ1n) is 8.52. The second-order valence-electron chi connectivity index (χ2n) is 6.58. The van der Waals surface area contributed by atoms with Gasteiger partial charge in [0.25, 0.3) is 5.56 Å². The van der Waals surface area contributed by atoms with Gasteiger partial charge in [-0.25, -0.2) is 9.67 Å². The molecule has 0 radical (unpaired) electrons. The Bertz CT molecular complexity index is 1160. The maximum absolute atomic E-state index is 12.9. The summed E-state index contributed by atoms with van der Waals surface area (Å²) in [5.74, 6) is 0. The fraction of sp³-hybridized carbons (Fsp3) is 0.190. The number of nitrogens with zero attached hydrogens (tertiary/aromatic N) is 3. The van der Waals surface area contributed by atoms with E-state index >= 15 is 0 Å². The molecule has 0 unspecified atom stereocenters. The fourth-order valence-electron chi connectivity index (χ4n) is 3.06. The molecule has 0 saturated carbocycles. The van der Waals surface area contributed by atoms with Gasteiger partial charge in [0.15, 0.2) is 5.52 Å². The molecule has 0 saturated heterocycles. The summed E-state index contributed by atoms with van der Waals surface area (Å²) >= 11 is 1.52. The van der Waals surface area contributed by atoms with Gasteiger partial charge in [-0.2, -0.15) is 5.10 Å². The zero-order chi connectivity index (χ0) is 18.3. The molecule has 130 valence electrons. The van der Waals surface area contributed by atoms with Gasteiger partial charge in [-0.15, -0.1) is 11.3 Å². The SMILES string of the molecule is Cc1ccc(-c2nn(Cc3cccc(C)c3)c(=O)c3nc(C)sc23)cc1. The molecule has 0 atom stereocenters. The minimum Gasteiger partial charge on any atom is -0.265 e. The molecule has 2 aromatic carbocycles. The van der Waals surface area contributed by atoms with Crippen molar-refractivity contribution < 1.29 is 0 Å². The summed E-state index contributed by atoms with van der Waals surface area (Å²) in [5, 5.41) is 5.59. The van der Waals surface area contributed by atoms with Crippen molar-refractivity contribution in [2.24, 2.45) is 0 Å². The van der Waals surface area contributed by atoms with E-state index in [1.165, 1.54) is 27.1 Å². The summed E-state index contributed by atoms with van der Waals surface area (Å²) in [4.78, 5) is 17.4. The maximum atomic E-state index is 12.9. The number of fused-ring (bicyclic) bond motifs is 1. The molecule has 0 aliphatic rings. The van der Waals surface area contributed by atoms with Crippen LogP contribution in [0.4, 0.5) is 0 Å². The topological polar surface area (TPSA) is 47.8 Å². The lowest BCUT2D eigenvalue weighted by Gasteiger charge is -2.09. The second kappa shape index (κ2) is 6.50. The number of thiazole rings is 1. The fourth-order valence-corrected chi connectivity index (χ4v) is 3.97. The molecule has 0 aliphatic carbocycles. The van der Waals surface area contributed by atoms with Crippen molar-refractivity contribution in [2.45, 2.75) is 27.3 Å². The Kier molecular flexibility index (Phi) is 4.17. The number of hydrogen-bond donors (Lipinski definition) is 0. The Hall–Kier alpha value is -2.79. The van der Waals surface area contributed by atoms with E-state index < -0.39 is 0 Å². The molecule has 2 aromatic heterocycles. The summed E-state index contributed by atoms with van der Waals surface area (Å²) in [6.45, 7) is 6.46. The van der Waals surface area contributed by atoms with Gasteiger partial charge in [-0.05, 0) is 26.3 Å². The van der Waals surface area contributed by atoms with Crippen LogP contribution in [0, 0.1) is 20.8 Å². The first kappa shape index (κ1) is 16.7. The Morgan fingerprint density at radius 3 is 2.50 bits per heavy atom. The first-order chi connectivity index (χ1) is 12.5. The van der Waals surface area contributed by atoms with E-state index in [4.69, 9.17) is 5.10 Å². The third-order valence-electron chi connectivity index (χ3n) is 4.35. The predicted octanol–water partition coefficient (Wildman–Crippen LogP) is 4.49. The van der Waals surface area contributed by atoms with Crippen LogP contribution in [-0.4, -0.2) is 14.8 Å². The highest BCUT2D eigenvalue weighted by molar-refractivity contribution is 7.19. The minimum atomic E-state index is -0.137. The van der Waals surface area contributed by atoms with Crippen molar-refractivity contribution in [1.29, 1.82) is 0 Å². The highest BCUT2D eigenvalue weighted by Gasteiger charge is 2.16. The molecule has 4 rings (SSSR count). The van der Waals surface area contributed by atoms with Crippen molar-refractivity contribution in [3.05, 3.63) is 80.6 Å². The third-order valence-corrected chi connectivity index (χ3v) is 5.32. The molecule has 26 heavy (non-hydrogen) atoms. The monoisotopic (exact) mass is 361 g/mol. The van der Waals surface area contributed by atoms with Crippen molar-refractivity contribution >= 4 is 21.6 Å². The van der Waals surface area contributed by atoms with Crippen LogP contribution < -0.4 is 5.56 Å². The van der Waals surface area contributed by atoms with E-state index in [0.29, 0.717) is 12.1 Å². The Balaban J connectivity index is 1.92. The van der Waals surface area contributed by atoms with Crippen LogP contribution >= 0.6 is 11.3 Å². The summed E-state index contributed by atoms with van der Waals surface area (Å²) in [6.07, 6.45) is 0. The van der Waals surface area contributed by atoms with E-state index in [9.17, 15) is 4.79 Å². The quantitative estimate of drug-likeness (QED) is 0.540. The lowest BCUT2D eigenvalue weighted by atomic mass is 10.1. The average Bonchev–Trinajstić information content (AvgIpc) is 3.00.